The third kappa shape index (κ3) is 3.32. The predicted octanol–water partition coefficient (Wildman–Crippen LogP) is 2.76. The summed E-state index contributed by atoms with van der Waals surface area (Å²) in [7, 11) is 1.49. The molecule has 0 aliphatic rings. The molecule has 0 saturated carbocycles. The maximum absolute atomic E-state index is 12.0. The van der Waals surface area contributed by atoms with E-state index < -0.39 is 23.3 Å². The number of urea groups is 1. The van der Waals surface area contributed by atoms with Crippen molar-refractivity contribution in [2.45, 2.75) is 6.92 Å². The highest BCUT2D eigenvalue weighted by atomic mass is 16.5. The number of phenols is 3. The molecule has 2 aromatic rings. The zero-order valence-corrected chi connectivity index (χ0v) is 12.0. The van der Waals surface area contributed by atoms with Crippen LogP contribution in [0.4, 0.5) is 16.2 Å². The van der Waals surface area contributed by atoms with Gasteiger partial charge in [-0.15, -0.1) is 0 Å². The first-order valence-corrected chi connectivity index (χ1v) is 6.38. The van der Waals surface area contributed by atoms with Crippen LogP contribution in [0.3, 0.4) is 0 Å². The molecule has 5 N–H and O–H groups in total. The molecule has 0 atom stereocenters. The van der Waals surface area contributed by atoms with E-state index in [1.807, 2.05) is 13.0 Å². The summed E-state index contributed by atoms with van der Waals surface area (Å²) >= 11 is 0. The molecule has 0 radical (unpaired) electrons. The first-order valence-electron chi connectivity index (χ1n) is 6.38. The molecular formula is C15H16N2O5. The van der Waals surface area contributed by atoms with Gasteiger partial charge in [-0.1, -0.05) is 6.07 Å². The normalized spacial score (nSPS) is 10.1. The molecule has 116 valence electrons. The Morgan fingerprint density at radius 2 is 1.68 bits per heavy atom. The summed E-state index contributed by atoms with van der Waals surface area (Å²) in [6.45, 7) is 1.87. The number of methoxy groups -OCH3 is 1. The van der Waals surface area contributed by atoms with E-state index in [0.29, 0.717) is 11.4 Å². The number of phenolic OH excluding ortho intramolecular Hbond substituents is 3. The number of carbonyl (C=O) groups excluding carboxylic acids is 1. The minimum Gasteiger partial charge on any atom is -0.504 e. The number of carbonyl (C=O) groups is 1. The lowest BCUT2D eigenvalue weighted by Crippen LogP contribution is -2.19. The third-order valence-corrected chi connectivity index (χ3v) is 2.93. The topological polar surface area (TPSA) is 111 Å². The van der Waals surface area contributed by atoms with Gasteiger partial charge in [-0.3, -0.25) is 0 Å². The molecule has 0 unspecified atom stereocenters. The van der Waals surface area contributed by atoms with Gasteiger partial charge in [0.1, 0.15) is 5.75 Å². The quantitative estimate of drug-likeness (QED) is 0.442. The average Bonchev–Trinajstić information content (AvgIpc) is 2.44. The van der Waals surface area contributed by atoms with E-state index in [9.17, 15) is 20.1 Å². The molecule has 0 fully saturated rings. The largest absolute Gasteiger partial charge is 0.504 e. The van der Waals surface area contributed by atoms with Crippen LogP contribution in [0.2, 0.25) is 0 Å². The molecule has 0 aliphatic carbocycles. The van der Waals surface area contributed by atoms with Crippen molar-refractivity contribution in [2.24, 2.45) is 0 Å². The number of anilines is 2. The van der Waals surface area contributed by atoms with E-state index >= 15 is 0 Å². The van der Waals surface area contributed by atoms with Crippen molar-refractivity contribution in [1.82, 2.24) is 0 Å². The van der Waals surface area contributed by atoms with Crippen molar-refractivity contribution in [3.8, 4) is 23.0 Å². The van der Waals surface area contributed by atoms with Crippen LogP contribution in [0, 0.1) is 6.92 Å². The Hall–Kier alpha value is -3.09. The SMILES string of the molecule is COc1ccc(C)cc1NC(=O)Nc1cc(O)c(O)c(O)c1. The van der Waals surface area contributed by atoms with Gasteiger partial charge in [-0.2, -0.15) is 0 Å². The minimum atomic E-state index is -0.647. The van der Waals surface area contributed by atoms with Crippen LogP contribution in [0.15, 0.2) is 30.3 Å². The number of rotatable bonds is 3. The van der Waals surface area contributed by atoms with Crippen molar-refractivity contribution in [2.75, 3.05) is 17.7 Å². The fraction of sp³-hybridized carbons (Fsp3) is 0.133. The van der Waals surface area contributed by atoms with Crippen molar-refractivity contribution in [1.29, 1.82) is 0 Å². The molecule has 0 heterocycles. The summed E-state index contributed by atoms with van der Waals surface area (Å²) in [5, 5.41) is 33.1. The van der Waals surface area contributed by atoms with E-state index in [4.69, 9.17) is 4.74 Å². The number of benzene rings is 2. The van der Waals surface area contributed by atoms with Crippen molar-refractivity contribution >= 4 is 17.4 Å². The Bertz CT molecular complexity index is 692. The molecule has 0 bridgehead atoms. The molecule has 0 spiro atoms. The van der Waals surface area contributed by atoms with E-state index in [-0.39, 0.29) is 5.69 Å². The van der Waals surface area contributed by atoms with Crippen LogP contribution in [-0.2, 0) is 0 Å². The molecule has 0 saturated heterocycles. The summed E-state index contributed by atoms with van der Waals surface area (Å²) in [6, 6.07) is 6.95. The molecule has 22 heavy (non-hydrogen) atoms. The lowest BCUT2D eigenvalue weighted by molar-refractivity contribution is 0.262. The van der Waals surface area contributed by atoms with Gasteiger partial charge in [0.2, 0.25) is 0 Å². The average molecular weight is 304 g/mol. The highest BCUT2D eigenvalue weighted by Gasteiger charge is 2.12. The summed E-state index contributed by atoms with van der Waals surface area (Å²) in [4.78, 5) is 12.0. The highest BCUT2D eigenvalue weighted by Crippen LogP contribution is 2.37. The Balaban J connectivity index is 2.15. The van der Waals surface area contributed by atoms with Crippen LogP contribution in [-0.4, -0.2) is 28.5 Å². The number of amides is 2. The van der Waals surface area contributed by atoms with Crippen molar-refractivity contribution < 1.29 is 24.9 Å². The maximum atomic E-state index is 12.0. The number of aromatic hydroxyl groups is 3. The smallest absolute Gasteiger partial charge is 0.323 e. The predicted molar refractivity (Wildman–Crippen MR) is 81.8 cm³/mol. The third-order valence-electron chi connectivity index (χ3n) is 2.93. The lowest BCUT2D eigenvalue weighted by Gasteiger charge is -2.12. The van der Waals surface area contributed by atoms with E-state index in [1.165, 1.54) is 7.11 Å². The first kappa shape index (κ1) is 15.3. The zero-order chi connectivity index (χ0) is 16.3. The molecule has 2 rings (SSSR count). The molecule has 0 aliphatic heterocycles. The number of nitrogens with one attached hydrogen (secondary N) is 2. The van der Waals surface area contributed by atoms with Crippen molar-refractivity contribution in [3.05, 3.63) is 35.9 Å². The van der Waals surface area contributed by atoms with E-state index in [0.717, 1.165) is 17.7 Å². The van der Waals surface area contributed by atoms with Crippen LogP contribution in [0.1, 0.15) is 5.56 Å². The fourth-order valence-electron chi connectivity index (χ4n) is 1.88. The number of hydrogen-bond acceptors (Lipinski definition) is 5. The number of ether oxygens (including phenoxy) is 1. The van der Waals surface area contributed by atoms with Crippen molar-refractivity contribution in [3.63, 3.8) is 0 Å². The molecule has 0 aromatic heterocycles. The van der Waals surface area contributed by atoms with Gasteiger partial charge in [0.05, 0.1) is 18.5 Å². The second-order valence-electron chi connectivity index (χ2n) is 4.65. The van der Waals surface area contributed by atoms with Gasteiger partial charge in [-0.05, 0) is 24.6 Å². The summed E-state index contributed by atoms with van der Waals surface area (Å²) in [5.41, 5.74) is 1.54. The van der Waals surface area contributed by atoms with Crippen LogP contribution in [0.5, 0.6) is 23.0 Å². The molecule has 7 nitrogen and oxygen atoms in total. The van der Waals surface area contributed by atoms with E-state index in [2.05, 4.69) is 10.6 Å². The molecular weight excluding hydrogens is 288 g/mol. The summed E-state index contributed by atoms with van der Waals surface area (Å²) in [5.74, 6) is -1.23. The standard InChI is InChI=1S/C15H16N2O5/c1-8-3-4-13(22-2)10(5-8)17-15(21)16-9-6-11(18)14(20)12(19)7-9/h3-7,18-20H,1-2H3,(H2,16,17,21). The lowest BCUT2D eigenvalue weighted by atomic mass is 10.2. The molecule has 2 aromatic carbocycles. The Morgan fingerprint density at radius 1 is 1.05 bits per heavy atom. The van der Waals surface area contributed by atoms with Gasteiger partial charge in [0.15, 0.2) is 17.2 Å². The Labute approximate surface area is 126 Å². The van der Waals surface area contributed by atoms with Gasteiger partial charge in [-0.25, -0.2) is 4.79 Å². The number of hydrogen-bond donors (Lipinski definition) is 5. The summed E-state index contributed by atoms with van der Waals surface area (Å²) in [6.07, 6.45) is 0. The Kier molecular flexibility index (Phi) is 4.26. The second-order valence-corrected chi connectivity index (χ2v) is 4.65. The minimum absolute atomic E-state index is 0.122. The van der Waals surface area contributed by atoms with Gasteiger partial charge in [0.25, 0.3) is 0 Å². The second kappa shape index (κ2) is 6.13. The highest BCUT2D eigenvalue weighted by molar-refractivity contribution is 6.01. The monoisotopic (exact) mass is 304 g/mol. The van der Waals surface area contributed by atoms with E-state index in [1.54, 1.807) is 12.1 Å². The fourth-order valence-corrected chi connectivity index (χ4v) is 1.88. The summed E-state index contributed by atoms with van der Waals surface area (Å²) < 4.78 is 5.15. The van der Waals surface area contributed by atoms with Gasteiger partial charge in [0, 0.05) is 12.1 Å². The van der Waals surface area contributed by atoms with Crippen LogP contribution in [0.25, 0.3) is 0 Å². The van der Waals surface area contributed by atoms with Crippen LogP contribution < -0.4 is 15.4 Å². The zero-order valence-electron chi connectivity index (χ0n) is 12.0. The van der Waals surface area contributed by atoms with Gasteiger partial charge >= 0.3 is 6.03 Å². The number of aryl methyl sites for hydroxylation is 1. The first-order chi connectivity index (χ1) is 10.4. The molecule has 2 amide bonds. The molecule has 7 heteroatoms. The maximum Gasteiger partial charge on any atom is 0.323 e. The van der Waals surface area contributed by atoms with Crippen LogP contribution >= 0.6 is 0 Å². The van der Waals surface area contributed by atoms with Gasteiger partial charge < -0.3 is 30.7 Å². The Morgan fingerprint density at radius 3 is 2.27 bits per heavy atom.